The molecule has 0 bridgehead atoms. The number of rotatable bonds is 12. The van der Waals surface area contributed by atoms with E-state index in [-0.39, 0.29) is 30.8 Å². The first-order chi connectivity index (χ1) is 20.5. The zero-order chi connectivity index (χ0) is 29.3. The molecule has 10 heteroatoms. The maximum atomic E-state index is 12.9. The number of carbonyl (C=O) groups is 3. The molecule has 0 atom stereocenters. The quantitative estimate of drug-likeness (QED) is 0.182. The molecule has 3 aromatic heterocycles. The zero-order valence-electron chi connectivity index (χ0n) is 23.2. The first-order valence-electron chi connectivity index (χ1n) is 13.6. The number of ether oxygens (including phenoxy) is 1. The Kier molecular flexibility index (Phi) is 8.93. The lowest BCUT2D eigenvalue weighted by Gasteiger charge is -2.22. The number of nitrogens with one attached hydrogen (secondary N) is 4. The van der Waals surface area contributed by atoms with Crippen LogP contribution in [0.5, 0.6) is 5.88 Å². The number of hydrogen-bond donors (Lipinski definition) is 4. The van der Waals surface area contributed by atoms with Gasteiger partial charge in [0.1, 0.15) is 6.61 Å². The van der Waals surface area contributed by atoms with Crippen molar-refractivity contribution >= 4 is 45.6 Å². The van der Waals surface area contributed by atoms with Crippen molar-refractivity contribution in [3.63, 3.8) is 0 Å². The van der Waals surface area contributed by atoms with Gasteiger partial charge in [-0.25, -0.2) is 4.98 Å². The second-order valence-corrected chi connectivity index (χ2v) is 9.82. The standard InChI is InChI=1S/C32H32N6O4/c1-22(39)34-19-32(41)38(14-12-25-17-35-28-10-6-5-9-26(25)28)20-30(40)33-13-11-24-16-36-29-15-31(37-18-27(24)29)42-21-23-7-3-2-4-8-23/h2-11,13,15-18,35-36H,12,14,19-21H2,1H3,(H,33,40)(H,34,39)/b13-11-. The minimum absolute atomic E-state index is 0.150. The van der Waals surface area contributed by atoms with Gasteiger partial charge >= 0.3 is 0 Å². The maximum absolute atomic E-state index is 12.9. The fourth-order valence-electron chi connectivity index (χ4n) is 4.61. The lowest BCUT2D eigenvalue weighted by Crippen LogP contribution is -2.45. The molecule has 0 aliphatic rings. The number of H-pyrrole nitrogens is 2. The van der Waals surface area contributed by atoms with Gasteiger partial charge in [0.2, 0.25) is 23.6 Å². The highest BCUT2D eigenvalue weighted by Crippen LogP contribution is 2.22. The molecule has 0 aliphatic heterocycles. The third-order valence-electron chi connectivity index (χ3n) is 6.81. The molecule has 5 aromatic rings. The van der Waals surface area contributed by atoms with Gasteiger partial charge in [0.25, 0.3) is 0 Å². The van der Waals surface area contributed by atoms with Crippen molar-refractivity contribution in [2.75, 3.05) is 19.6 Å². The van der Waals surface area contributed by atoms with E-state index in [1.165, 1.54) is 11.8 Å². The SMILES string of the molecule is CC(=O)NCC(=O)N(CCc1c[nH]c2ccccc12)CC(=O)N/C=C\c1c[nH]c2cc(OCc3ccccc3)ncc12. The summed E-state index contributed by atoms with van der Waals surface area (Å²) in [5.74, 6) is -0.489. The van der Waals surface area contributed by atoms with Crippen LogP contribution in [0, 0.1) is 0 Å². The summed E-state index contributed by atoms with van der Waals surface area (Å²) in [7, 11) is 0. The molecule has 0 unspecified atom stereocenters. The van der Waals surface area contributed by atoms with E-state index in [1.54, 1.807) is 18.5 Å². The molecule has 0 spiro atoms. The summed E-state index contributed by atoms with van der Waals surface area (Å²) in [5, 5.41) is 7.21. The number of pyridine rings is 1. The first kappa shape index (κ1) is 28.2. The van der Waals surface area contributed by atoms with Gasteiger partial charge in [-0.15, -0.1) is 0 Å². The van der Waals surface area contributed by atoms with Crippen LogP contribution in [0.1, 0.15) is 23.6 Å². The largest absolute Gasteiger partial charge is 0.473 e. The molecule has 0 fully saturated rings. The van der Waals surface area contributed by atoms with Crippen LogP contribution in [-0.4, -0.2) is 57.2 Å². The molecule has 0 saturated carbocycles. The number of carbonyl (C=O) groups excluding carboxylic acids is 3. The minimum Gasteiger partial charge on any atom is -0.473 e. The van der Waals surface area contributed by atoms with E-state index in [4.69, 9.17) is 4.74 Å². The predicted molar refractivity (Wildman–Crippen MR) is 161 cm³/mol. The normalized spacial score (nSPS) is 11.2. The van der Waals surface area contributed by atoms with Crippen molar-refractivity contribution in [1.82, 2.24) is 30.5 Å². The minimum atomic E-state index is -0.351. The number of para-hydroxylation sites is 1. The van der Waals surface area contributed by atoms with Crippen molar-refractivity contribution < 1.29 is 19.1 Å². The van der Waals surface area contributed by atoms with Gasteiger partial charge in [-0.2, -0.15) is 0 Å². The molecule has 214 valence electrons. The number of amides is 3. The van der Waals surface area contributed by atoms with E-state index in [2.05, 4.69) is 25.6 Å². The van der Waals surface area contributed by atoms with Crippen molar-refractivity contribution in [3.05, 3.63) is 102 Å². The van der Waals surface area contributed by atoms with Crippen LogP contribution in [0.15, 0.2) is 85.5 Å². The number of aromatic nitrogens is 3. The molecule has 10 nitrogen and oxygen atoms in total. The molecule has 0 aliphatic carbocycles. The van der Waals surface area contributed by atoms with Crippen LogP contribution in [0.4, 0.5) is 0 Å². The predicted octanol–water partition coefficient (Wildman–Crippen LogP) is 3.92. The summed E-state index contributed by atoms with van der Waals surface area (Å²) < 4.78 is 5.81. The monoisotopic (exact) mass is 564 g/mol. The van der Waals surface area contributed by atoms with Gasteiger partial charge in [0.05, 0.1) is 18.6 Å². The number of benzene rings is 2. The Bertz CT molecular complexity index is 1720. The van der Waals surface area contributed by atoms with Gasteiger partial charge in [-0.05, 0) is 29.7 Å². The van der Waals surface area contributed by atoms with Gasteiger partial charge in [-0.3, -0.25) is 14.4 Å². The fraction of sp³-hybridized carbons (Fsp3) is 0.188. The first-order valence-corrected chi connectivity index (χ1v) is 13.6. The van der Waals surface area contributed by atoms with Crippen molar-refractivity contribution in [2.24, 2.45) is 0 Å². The van der Waals surface area contributed by atoms with Gasteiger partial charge in [0.15, 0.2) is 0 Å². The van der Waals surface area contributed by atoms with Crippen LogP contribution in [0.25, 0.3) is 27.9 Å². The Morgan fingerprint density at radius 3 is 2.60 bits per heavy atom. The maximum Gasteiger partial charge on any atom is 0.243 e. The Labute approximate surface area is 242 Å². The summed E-state index contributed by atoms with van der Waals surface area (Å²) in [4.78, 5) is 49.3. The molecule has 0 radical (unpaired) electrons. The van der Waals surface area contributed by atoms with E-state index in [0.29, 0.717) is 25.5 Å². The summed E-state index contributed by atoms with van der Waals surface area (Å²) in [6.45, 7) is 1.76. The number of hydrogen-bond acceptors (Lipinski definition) is 5. The van der Waals surface area contributed by atoms with Crippen LogP contribution >= 0.6 is 0 Å². The summed E-state index contributed by atoms with van der Waals surface area (Å²) in [5.41, 5.74) is 4.80. The molecule has 2 aromatic carbocycles. The molecule has 42 heavy (non-hydrogen) atoms. The van der Waals surface area contributed by atoms with Gasteiger partial charge < -0.3 is 30.2 Å². The van der Waals surface area contributed by atoms with Crippen molar-refractivity contribution in [2.45, 2.75) is 20.0 Å². The highest BCUT2D eigenvalue weighted by Gasteiger charge is 2.18. The third-order valence-corrected chi connectivity index (χ3v) is 6.81. The van der Waals surface area contributed by atoms with Crippen LogP contribution < -0.4 is 15.4 Å². The highest BCUT2D eigenvalue weighted by molar-refractivity contribution is 5.91. The Balaban J connectivity index is 1.19. The van der Waals surface area contributed by atoms with E-state index in [0.717, 1.165) is 38.5 Å². The second-order valence-electron chi connectivity index (χ2n) is 9.82. The molecular weight excluding hydrogens is 532 g/mol. The Morgan fingerprint density at radius 1 is 0.976 bits per heavy atom. The number of nitrogens with zero attached hydrogens (tertiary/aromatic N) is 2. The van der Waals surface area contributed by atoms with Crippen LogP contribution in [0.2, 0.25) is 0 Å². The van der Waals surface area contributed by atoms with E-state index in [9.17, 15) is 14.4 Å². The van der Waals surface area contributed by atoms with Crippen molar-refractivity contribution in [1.29, 1.82) is 0 Å². The smallest absolute Gasteiger partial charge is 0.243 e. The molecular formula is C32H32N6O4. The Morgan fingerprint density at radius 2 is 1.76 bits per heavy atom. The Hall–Kier alpha value is -5.38. The van der Waals surface area contributed by atoms with Crippen LogP contribution in [0.3, 0.4) is 0 Å². The van der Waals surface area contributed by atoms with E-state index in [1.807, 2.05) is 73.1 Å². The van der Waals surface area contributed by atoms with Gasteiger partial charge in [-0.1, -0.05) is 48.5 Å². The average Bonchev–Trinajstić information content (AvgIpc) is 3.61. The topological polar surface area (TPSA) is 132 Å². The second kappa shape index (κ2) is 13.3. The van der Waals surface area contributed by atoms with Gasteiger partial charge in [0, 0.05) is 66.2 Å². The van der Waals surface area contributed by atoms with Crippen LogP contribution in [-0.2, 0) is 27.4 Å². The molecule has 3 heterocycles. The summed E-state index contributed by atoms with van der Waals surface area (Å²) >= 11 is 0. The number of fused-ring (bicyclic) bond motifs is 2. The van der Waals surface area contributed by atoms with E-state index < -0.39 is 0 Å². The van der Waals surface area contributed by atoms with Crippen molar-refractivity contribution in [3.8, 4) is 5.88 Å². The average molecular weight is 565 g/mol. The molecule has 5 rings (SSSR count). The fourth-order valence-corrected chi connectivity index (χ4v) is 4.61. The zero-order valence-corrected chi connectivity index (χ0v) is 23.2. The summed E-state index contributed by atoms with van der Waals surface area (Å²) in [6.07, 6.45) is 9.32. The summed E-state index contributed by atoms with van der Waals surface area (Å²) in [6, 6.07) is 19.6. The lowest BCUT2D eigenvalue weighted by molar-refractivity contribution is -0.136. The number of aromatic amines is 2. The highest BCUT2D eigenvalue weighted by atomic mass is 16.5. The van der Waals surface area contributed by atoms with E-state index >= 15 is 0 Å². The third kappa shape index (κ3) is 7.22. The lowest BCUT2D eigenvalue weighted by atomic mass is 10.1. The molecule has 0 saturated heterocycles. The molecule has 3 amide bonds. The molecule has 4 N–H and O–H groups in total.